The van der Waals surface area contributed by atoms with Crippen LogP contribution in [0.1, 0.15) is 15.9 Å². The zero-order chi connectivity index (χ0) is 17.1. The monoisotopic (exact) mass is 340 g/mol. The van der Waals surface area contributed by atoms with Crippen molar-refractivity contribution in [2.45, 2.75) is 6.54 Å². The van der Waals surface area contributed by atoms with Gasteiger partial charge in [-0.3, -0.25) is 14.9 Å². The topological polar surface area (TPSA) is 72.2 Å². The lowest BCUT2D eigenvalue weighted by molar-refractivity contribution is -0.384. The number of fused-ring (bicyclic) bond motifs is 1. The summed E-state index contributed by atoms with van der Waals surface area (Å²) in [7, 11) is 0. The predicted octanol–water partition coefficient (Wildman–Crippen LogP) is 4.33. The SMILES string of the molecule is O=C(NCc1ccc2ccccc2c1)c1ccc([N+](=O)[O-])cc1Cl. The third-order valence-electron chi connectivity index (χ3n) is 3.68. The number of nitro benzene ring substituents is 1. The quantitative estimate of drug-likeness (QED) is 0.567. The third kappa shape index (κ3) is 3.36. The van der Waals surface area contributed by atoms with Crippen LogP contribution in [0.2, 0.25) is 5.02 Å². The highest BCUT2D eigenvalue weighted by atomic mass is 35.5. The molecular formula is C18H13ClN2O3. The standard InChI is InChI=1S/C18H13ClN2O3/c19-17-10-15(21(23)24)7-8-16(17)18(22)20-11-12-5-6-13-3-1-2-4-14(13)9-12/h1-10H,11H2,(H,20,22). The fraction of sp³-hybridized carbons (Fsp3) is 0.0556. The maximum atomic E-state index is 12.2. The molecule has 0 aliphatic heterocycles. The fourth-order valence-electron chi connectivity index (χ4n) is 2.43. The van der Waals surface area contributed by atoms with Crippen LogP contribution in [0.4, 0.5) is 5.69 Å². The predicted molar refractivity (Wildman–Crippen MR) is 93.2 cm³/mol. The average Bonchev–Trinajstić information content (AvgIpc) is 2.59. The van der Waals surface area contributed by atoms with Gasteiger partial charge >= 0.3 is 0 Å². The first-order chi connectivity index (χ1) is 11.5. The van der Waals surface area contributed by atoms with Crippen LogP contribution in [0.15, 0.2) is 60.7 Å². The molecule has 1 N–H and O–H groups in total. The first kappa shape index (κ1) is 16.0. The molecule has 120 valence electrons. The Bertz CT molecular complexity index is 940. The van der Waals surface area contributed by atoms with Gasteiger partial charge in [-0.15, -0.1) is 0 Å². The Hall–Kier alpha value is -2.92. The van der Waals surface area contributed by atoms with Crippen molar-refractivity contribution < 1.29 is 9.72 Å². The molecule has 0 radical (unpaired) electrons. The number of nitrogens with one attached hydrogen (secondary N) is 1. The van der Waals surface area contributed by atoms with E-state index in [4.69, 9.17) is 11.6 Å². The molecule has 0 aliphatic rings. The van der Waals surface area contributed by atoms with E-state index in [0.717, 1.165) is 16.3 Å². The van der Waals surface area contributed by atoms with E-state index in [1.807, 2.05) is 42.5 Å². The van der Waals surface area contributed by atoms with E-state index in [0.29, 0.717) is 6.54 Å². The summed E-state index contributed by atoms with van der Waals surface area (Å²) in [6.45, 7) is 0.344. The molecular weight excluding hydrogens is 328 g/mol. The van der Waals surface area contributed by atoms with Crippen LogP contribution in [-0.2, 0) is 6.54 Å². The van der Waals surface area contributed by atoms with Gasteiger partial charge in [-0.2, -0.15) is 0 Å². The second-order valence-corrected chi connectivity index (χ2v) is 5.69. The summed E-state index contributed by atoms with van der Waals surface area (Å²) in [5.41, 5.74) is 1.02. The summed E-state index contributed by atoms with van der Waals surface area (Å²) in [6.07, 6.45) is 0. The van der Waals surface area contributed by atoms with Crippen molar-refractivity contribution in [3.63, 3.8) is 0 Å². The van der Waals surface area contributed by atoms with Crippen molar-refractivity contribution in [2.24, 2.45) is 0 Å². The number of nitro groups is 1. The summed E-state index contributed by atoms with van der Waals surface area (Å²) >= 11 is 5.96. The molecule has 0 aliphatic carbocycles. The Balaban J connectivity index is 1.73. The minimum absolute atomic E-state index is 0.0558. The van der Waals surface area contributed by atoms with E-state index in [1.165, 1.54) is 18.2 Å². The zero-order valence-corrected chi connectivity index (χ0v) is 13.3. The summed E-state index contributed by atoms with van der Waals surface area (Å²) in [6, 6.07) is 17.7. The van der Waals surface area contributed by atoms with Gasteiger partial charge in [0.15, 0.2) is 0 Å². The second-order valence-electron chi connectivity index (χ2n) is 5.29. The van der Waals surface area contributed by atoms with Crippen molar-refractivity contribution in [3.05, 3.63) is 86.9 Å². The van der Waals surface area contributed by atoms with Crippen LogP contribution < -0.4 is 5.32 Å². The molecule has 0 bridgehead atoms. The molecule has 3 rings (SSSR count). The maximum Gasteiger partial charge on any atom is 0.270 e. The molecule has 0 unspecified atom stereocenters. The number of carbonyl (C=O) groups is 1. The van der Waals surface area contributed by atoms with Gasteiger partial charge in [-0.1, -0.05) is 48.0 Å². The first-order valence-corrected chi connectivity index (χ1v) is 7.62. The van der Waals surface area contributed by atoms with Crippen LogP contribution in [-0.4, -0.2) is 10.8 Å². The minimum atomic E-state index is -0.553. The average molecular weight is 341 g/mol. The van der Waals surface area contributed by atoms with E-state index in [1.54, 1.807) is 0 Å². The number of hydrogen-bond donors (Lipinski definition) is 1. The lowest BCUT2D eigenvalue weighted by Gasteiger charge is -2.08. The van der Waals surface area contributed by atoms with Gasteiger partial charge in [0.05, 0.1) is 15.5 Å². The molecule has 3 aromatic carbocycles. The van der Waals surface area contributed by atoms with Crippen LogP contribution in [0.3, 0.4) is 0 Å². The largest absolute Gasteiger partial charge is 0.348 e. The maximum absolute atomic E-state index is 12.2. The number of non-ortho nitro benzene ring substituents is 1. The Morgan fingerprint density at radius 1 is 1.04 bits per heavy atom. The Morgan fingerprint density at radius 3 is 2.50 bits per heavy atom. The summed E-state index contributed by atoms with van der Waals surface area (Å²) in [5.74, 6) is -0.372. The lowest BCUT2D eigenvalue weighted by atomic mass is 10.1. The second kappa shape index (κ2) is 6.68. The summed E-state index contributed by atoms with van der Waals surface area (Å²) in [5, 5.41) is 15.8. The normalized spacial score (nSPS) is 10.5. The van der Waals surface area contributed by atoms with E-state index < -0.39 is 4.92 Å². The van der Waals surface area contributed by atoms with Crippen molar-refractivity contribution in [1.82, 2.24) is 5.32 Å². The molecule has 0 saturated carbocycles. The molecule has 3 aromatic rings. The van der Waals surface area contributed by atoms with Gasteiger partial charge < -0.3 is 5.32 Å². The molecule has 6 heteroatoms. The van der Waals surface area contributed by atoms with E-state index >= 15 is 0 Å². The molecule has 0 heterocycles. The number of benzene rings is 3. The van der Waals surface area contributed by atoms with Crippen molar-refractivity contribution in [2.75, 3.05) is 0 Å². The molecule has 0 saturated heterocycles. The smallest absolute Gasteiger partial charge is 0.270 e. The number of amides is 1. The van der Waals surface area contributed by atoms with Crippen molar-refractivity contribution in [3.8, 4) is 0 Å². The molecule has 24 heavy (non-hydrogen) atoms. The van der Waals surface area contributed by atoms with E-state index in [-0.39, 0.29) is 22.2 Å². The van der Waals surface area contributed by atoms with Gasteiger partial charge in [0.25, 0.3) is 11.6 Å². The van der Waals surface area contributed by atoms with Gasteiger partial charge in [0.2, 0.25) is 0 Å². The van der Waals surface area contributed by atoms with Crippen LogP contribution in [0.25, 0.3) is 10.8 Å². The molecule has 0 spiro atoms. The number of nitrogens with zero attached hydrogens (tertiary/aromatic N) is 1. The Kier molecular flexibility index (Phi) is 4.44. The minimum Gasteiger partial charge on any atom is -0.348 e. The lowest BCUT2D eigenvalue weighted by Crippen LogP contribution is -2.23. The Morgan fingerprint density at radius 2 is 1.79 bits per heavy atom. The van der Waals surface area contributed by atoms with Crippen LogP contribution in [0.5, 0.6) is 0 Å². The number of hydrogen-bond acceptors (Lipinski definition) is 3. The molecule has 1 amide bonds. The van der Waals surface area contributed by atoms with Gasteiger partial charge in [-0.05, 0) is 28.5 Å². The molecule has 0 fully saturated rings. The highest BCUT2D eigenvalue weighted by molar-refractivity contribution is 6.34. The highest BCUT2D eigenvalue weighted by Crippen LogP contribution is 2.22. The highest BCUT2D eigenvalue weighted by Gasteiger charge is 2.14. The zero-order valence-electron chi connectivity index (χ0n) is 12.5. The number of carbonyl (C=O) groups excluding carboxylic acids is 1. The van der Waals surface area contributed by atoms with Crippen LogP contribution in [0, 0.1) is 10.1 Å². The molecule has 5 nitrogen and oxygen atoms in total. The summed E-state index contributed by atoms with van der Waals surface area (Å²) in [4.78, 5) is 22.4. The van der Waals surface area contributed by atoms with E-state index in [2.05, 4.69) is 5.32 Å². The molecule has 0 atom stereocenters. The van der Waals surface area contributed by atoms with Crippen molar-refractivity contribution >= 4 is 34.0 Å². The van der Waals surface area contributed by atoms with E-state index in [9.17, 15) is 14.9 Å². The van der Waals surface area contributed by atoms with Crippen LogP contribution >= 0.6 is 11.6 Å². The third-order valence-corrected chi connectivity index (χ3v) is 3.99. The van der Waals surface area contributed by atoms with Gasteiger partial charge in [0, 0.05) is 18.7 Å². The number of rotatable bonds is 4. The van der Waals surface area contributed by atoms with Crippen molar-refractivity contribution in [1.29, 1.82) is 0 Å². The van der Waals surface area contributed by atoms with Gasteiger partial charge in [-0.25, -0.2) is 0 Å². The number of halogens is 1. The fourth-order valence-corrected chi connectivity index (χ4v) is 2.69. The summed E-state index contributed by atoms with van der Waals surface area (Å²) < 4.78 is 0. The van der Waals surface area contributed by atoms with Gasteiger partial charge in [0.1, 0.15) is 0 Å². The Labute approximate surface area is 143 Å². The molecule has 0 aromatic heterocycles. The first-order valence-electron chi connectivity index (χ1n) is 7.24.